The monoisotopic (exact) mass is 326 g/mol. The molecule has 21 heavy (non-hydrogen) atoms. The molecule has 0 atom stereocenters. The molecule has 1 heterocycles. The molecule has 9 heteroatoms. The van der Waals surface area contributed by atoms with Gasteiger partial charge in [0, 0.05) is 12.1 Å². The fraction of sp³-hybridized carbons (Fsp3) is 0. The number of carbonyl (C=O) groups excluding carboxylic acids is 1. The molecule has 0 spiro atoms. The number of thiophene rings is 1. The van der Waals surface area contributed by atoms with Crippen molar-refractivity contribution in [1.29, 1.82) is 0 Å². The Morgan fingerprint density at radius 1 is 1.29 bits per heavy atom. The summed E-state index contributed by atoms with van der Waals surface area (Å²) in [4.78, 5) is 33.3. The standard InChI is InChI=1S/C12H7ClN2O5S/c13-10-4-3-9(21-10)11(16)14-8-2-1-6(15(19)20)5-7(8)12(17)18/h1-5H,(H,14,16)(H,17,18). The zero-order chi connectivity index (χ0) is 15.6. The maximum Gasteiger partial charge on any atom is 0.338 e. The number of halogens is 1. The van der Waals surface area contributed by atoms with E-state index in [0.29, 0.717) is 9.21 Å². The summed E-state index contributed by atoms with van der Waals surface area (Å²) in [6.07, 6.45) is 0. The molecule has 2 rings (SSSR count). The predicted octanol–water partition coefficient (Wildman–Crippen LogP) is 3.26. The summed E-state index contributed by atoms with van der Waals surface area (Å²) in [5, 5.41) is 22.1. The van der Waals surface area contributed by atoms with Crippen LogP contribution in [0, 0.1) is 10.1 Å². The molecule has 0 bridgehead atoms. The van der Waals surface area contributed by atoms with Gasteiger partial charge < -0.3 is 10.4 Å². The third-order valence-corrected chi connectivity index (χ3v) is 3.72. The van der Waals surface area contributed by atoms with Gasteiger partial charge in [0.05, 0.1) is 25.4 Å². The number of anilines is 1. The Kier molecular flexibility index (Phi) is 4.20. The highest BCUT2D eigenvalue weighted by molar-refractivity contribution is 7.18. The lowest BCUT2D eigenvalue weighted by molar-refractivity contribution is -0.384. The van der Waals surface area contributed by atoms with E-state index in [1.807, 2.05) is 0 Å². The zero-order valence-electron chi connectivity index (χ0n) is 10.2. The molecule has 2 N–H and O–H groups in total. The summed E-state index contributed by atoms with van der Waals surface area (Å²) in [6.45, 7) is 0. The first-order chi connectivity index (χ1) is 9.88. The molecule has 0 aliphatic rings. The van der Waals surface area contributed by atoms with Gasteiger partial charge in [0.25, 0.3) is 11.6 Å². The normalized spacial score (nSPS) is 10.1. The first-order valence-electron chi connectivity index (χ1n) is 5.47. The zero-order valence-corrected chi connectivity index (χ0v) is 11.8. The minimum atomic E-state index is -1.38. The number of carbonyl (C=O) groups is 2. The van der Waals surface area contributed by atoms with E-state index in [1.165, 1.54) is 18.2 Å². The van der Waals surface area contributed by atoms with Gasteiger partial charge in [0.1, 0.15) is 0 Å². The van der Waals surface area contributed by atoms with Crippen molar-refractivity contribution in [2.45, 2.75) is 0 Å². The summed E-state index contributed by atoms with van der Waals surface area (Å²) >= 11 is 6.75. The van der Waals surface area contributed by atoms with E-state index < -0.39 is 16.8 Å². The maximum atomic E-state index is 11.9. The van der Waals surface area contributed by atoms with Gasteiger partial charge in [-0.05, 0) is 18.2 Å². The highest BCUT2D eigenvalue weighted by Crippen LogP contribution is 2.25. The number of nitrogens with zero attached hydrogens (tertiary/aromatic N) is 1. The number of hydrogen-bond acceptors (Lipinski definition) is 5. The summed E-state index contributed by atoms with van der Waals surface area (Å²) in [5.74, 6) is -1.92. The molecule has 108 valence electrons. The lowest BCUT2D eigenvalue weighted by Crippen LogP contribution is -2.13. The Balaban J connectivity index is 2.33. The summed E-state index contributed by atoms with van der Waals surface area (Å²) in [5.41, 5.74) is -0.757. The van der Waals surface area contributed by atoms with Gasteiger partial charge in [-0.25, -0.2) is 4.79 Å². The lowest BCUT2D eigenvalue weighted by Gasteiger charge is -2.07. The van der Waals surface area contributed by atoms with Crippen molar-refractivity contribution in [2.75, 3.05) is 5.32 Å². The van der Waals surface area contributed by atoms with E-state index in [2.05, 4.69) is 5.32 Å². The predicted molar refractivity (Wildman–Crippen MR) is 77.3 cm³/mol. The van der Waals surface area contributed by atoms with Gasteiger partial charge in [0.15, 0.2) is 0 Å². The van der Waals surface area contributed by atoms with Gasteiger partial charge in [-0.3, -0.25) is 14.9 Å². The summed E-state index contributed by atoms with van der Waals surface area (Å²) < 4.78 is 0.419. The molecule has 2 aromatic rings. The van der Waals surface area contributed by atoms with Crippen molar-refractivity contribution in [3.8, 4) is 0 Å². The van der Waals surface area contributed by atoms with Crippen LogP contribution < -0.4 is 5.32 Å². The van der Waals surface area contributed by atoms with Crippen LogP contribution in [-0.4, -0.2) is 21.9 Å². The number of nitro benzene ring substituents is 1. The molecule has 0 aliphatic carbocycles. The van der Waals surface area contributed by atoms with Crippen LogP contribution in [0.25, 0.3) is 0 Å². The van der Waals surface area contributed by atoms with Crippen molar-refractivity contribution in [2.24, 2.45) is 0 Å². The first kappa shape index (κ1) is 14.9. The molecular formula is C12H7ClN2O5S. The number of non-ortho nitro benzene ring substituents is 1. The van der Waals surface area contributed by atoms with Gasteiger partial charge in [-0.1, -0.05) is 11.6 Å². The number of carboxylic acids is 1. The fourth-order valence-electron chi connectivity index (χ4n) is 1.55. The molecule has 0 aliphatic heterocycles. The minimum absolute atomic E-state index is 0.0253. The first-order valence-corrected chi connectivity index (χ1v) is 6.66. The van der Waals surface area contributed by atoms with Crippen LogP contribution >= 0.6 is 22.9 Å². The number of carboxylic acid groups (broad SMARTS) is 1. The van der Waals surface area contributed by atoms with Crippen molar-refractivity contribution in [3.05, 3.63) is 55.2 Å². The number of benzene rings is 1. The minimum Gasteiger partial charge on any atom is -0.478 e. The van der Waals surface area contributed by atoms with E-state index >= 15 is 0 Å². The van der Waals surface area contributed by atoms with Crippen LogP contribution in [-0.2, 0) is 0 Å². The van der Waals surface area contributed by atoms with E-state index in [-0.39, 0.29) is 16.9 Å². The molecule has 1 amide bonds. The van der Waals surface area contributed by atoms with Crippen LogP contribution in [0.4, 0.5) is 11.4 Å². The number of nitrogens with one attached hydrogen (secondary N) is 1. The fourth-order valence-corrected chi connectivity index (χ4v) is 2.49. The third kappa shape index (κ3) is 3.36. The second-order valence-corrected chi connectivity index (χ2v) is 5.57. The van der Waals surface area contributed by atoms with E-state index in [1.54, 1.807) is 0 Å². The average molecular weight is 327 g/mol. The van der Waals surface area contributed by atoms with Crippen molar-refractivity contribution >= 4 is 46.2 Å². The number of aromatic carboxylic acids is 1. The molecule has 0 unspecified atom stereocenters. The molecular weight excluding hydrogens is 320 g/mol. The molecule has 7 nitrogen and oxygen atoms in total. The van der Waals surface area contributed by atoms with Gasteiger partial charge in [0.2, 0.25) is 0 Å². The van der Waals surface area contributed by atoms with Crippen LogP contribution in [0.1, 0.15) is 20.0 Å². The highest BCUT2D eigenvalue weighted by Gasteiger charge is 2.18. The van der Waals surface area contributed by atoms with Crippen LogP contribution in [0.2, 0.25) is 4.34 Å². The van der Waals surface area contributed by atoms with Crippen LogP contribution in [0.5, 0.6) is 0 Å². The van der Waals surface area contributed by atoms with E-state index in [9.17, 15) is 19.7 Å². The quantitative estimate of drug-likeness (QED) is 0.662. The number of nitro groups is 1. The molecule has 0 fully saturated rings. The SMILES string of the molecule is O=C(Nc1ccc([N+](=O)[O-])cc1C(=O)O)c1ccc(Cl)s1. The second-order valence-electron chi connectivity index (χ2n) is 3.85. The lowest BCUT2D eigenvalue weighted by atomic mass is 10.1. The summed E-state index contributed by atoms with van der Waals surface area (Å²) in [7, 11) is 0. The Hall–Kier alpha value is -2.45. The number of amides is 1. The molecule has 1 aromatic carbocycles. The van der Waals surface area contributed by atoms with Gasteiger partial charge in [-0.15, -0.1) is 11.3 Å². The molecule has 1 aromatic heterocycles. The largest absolute Gasteiger partial charge is 0.478 e. The Bertz CT molecular complexity index is 743. The Morgan fingerprint density at radius 2 is 2.00 bits per heavy atom. The third-order valence-electron chi connectivity index (χ3n) is 2.49. The van der Waals surface area contributed by atoms with E-state index in [4.69, 9.17) is 16.7 Å². The highest BCUT2D eigenvalue weighted by atomic mass is 35.5. The number of rotatable bonds is 4. The van der Waals surface area contributed by atoms with E-state index in [0.717, 1.165) is 23.5 Å². The number of hydrogen-bond donors (Lipinski definition) is 2. The Morgan fingerprint density at radius 3 is 2.52 bits per heavy atom. The van der Waals surface area contributed by atoms with Crippen molar-refractivity contribution in [3.63, 3.8) is 0 Å². The topological polar surface area (TPSA) is 110 Å². The van der Waals surface area contributed by atoms with Gasteiger partial charge >= 0.3 is 5.97 Å². The maximum absolute atomic E-state index is 11.9. The van der Waals surface area contributed by atoms with Crippen molar-refractivity contribution < 1.29 is 19.6 Å². The van der Waals surface area contributed by atoms with Crippen molar-refractivity contribution in [1.82, 2.24) is 0 Å². The molecule has 0 radical (unpaired) electrons. The smallest absolute Gasteiger partial charge is 0.338 e. The van der Waals surface area contributed by atoms with Crippen LogP contribution in [0.3, 0.4) is 0 Å². The Labute approximate surface area is 126 Å². The average Bonchev–Trinajstić information content (AvgIpc) is 2.85. The molecule has 0 saturated carbocycles. The van der Waals surface area contributed by atoms with Crippen LogP contribution in [0.15, 0.2) is 30.3 Å². The second kappa shape index (κ2) is 5.90. The van der Waals surface area contributed by atoms with Gasteiger partial charge in [-0.2, -0.15) is 0 Å². The molecule has 0 saturated heterocycles. The summed E-state index contributed by atoms with van der Waals surface area (Å²) in [6, 6.07) is 6.21.